The number of rotatable bonds is 2. The van der Waals surface area contributed by atoms with Gasteiger partial charge in [0.15, 0.2) is 0 Å². The fraction of sp³-hybridized carbons (Fsp3) is 0.188. The van der Waals surface area contributed by atoms with Crippen molar-refractivity contribution in [3.63, 3.8) is 0 Å². The van der Waals surface area contributed by atoms with Gasteiger partial charge in [-0.25, -0.2) is 9.78 Å². The number of nitrogens with zero attached hydrogens (tertiary/aromatic N) is 3. The lowest BCUT2D eigenvalue weighted by atomic mass is 9.98. The quantitative estimate of drug-likeness (QED) is 0.616. The Bertz CT molecular complexity index is 768. The summed E-state index contributed by atoms with van der Waals surface area (Å²) in [5, 5.41) is 8.94. The third-order valence-electron chi connectivity index (χ3n) is 3.60. The molecule has 1 aromatic carbocycles. The zero-order valence-electron chi connectivity index (χ0n) is 10.8. The van der Waals surface area contributed by atoms with Gasteiger partial charge in [-0.3, -0.25) is 0 Å². The Morgan fingerprint density at radius 1 is 1.25 bits per heavy atom. The molecule has 0 bridgehead atoms. The van der Waals surface area contributed by atoms with E-state index in [1.54, 1.807) is 18.3 Å². The van der Waals surface area contributed by atoms with Crippen molar-refractivity contribution in [1.82, 2.24) is 4.98 Å². The van der Waals surface area contributed by atoms with Crippen LogP contribution in [0.15, 0.2) is 35.5 Å². The number of hydrogen-bond acceptors (Lipinski definition) is 4. The Morgan fingerprint density at radius 2 is 2.15 bits per heavy atom. The topological polar surface area (TPSA) is 66.1 Å². The Balaban J connectivity index is 2.23. The van der Waals surface area contributed by atoms with Gasteiger partial charge in [0.1, 0.15) is 11.8 Å². The number of fused-ring (bicyclic) bond motifs is 1. The maximum atomic E-state index is 10.7. The minimum Gasteiger partial charge on any atom is -0.246 e. The molecule has 2 aromatic rings. The highest BCUT2D eigenvalue weighted by molar-refractivity contribution is 5.81. The molecular weight excluding hydrogens is 250 g/mol. The lowest BCUT2D eigenvalue weighted by Crippen LogP contribution is -1.89. The average Bonchev–Trinajstić information content (AvgIpc) is 2.97. The van der Waals surface area contributed by atoms with E-state index in [4.69, 9.17) is 5.26 Å². The fourth-order valence-corrected chi connectivity index (χ4v) is 2.71. The first-order valence-corrected chi connectivity index (χ1v) is 6.42. The molecule has 4 nitrogen and oxygen atoms in total. The van der Waals surface area contributed by atoms with Crippen molar-refractivity contribution >= 4 is 11.8 Å². The molecule has 20 heavy (non-hydrogen) atoms. The van der Waals surface area contributed by atoms with Gasteiger partial charge in [0.2, 0.25) is 6.08 Å². The molecule has 0 unspecified atom stereocenters. The van der Waals surface area contributed by atoms with E-state index >= 15 is 0 Å². The smallest absolute Gasteiger partial charge is 0.240 e. The molecule has 1 aromatic heterocycles. The SMILES string of the molecule is N#Cc1cc(-c2ccc3c(c2N=C=O)CCC3)ccn1. The van der Waals surface area contributed by atoms with Gasteiger partial charge in [-0.15, -0.1) is 0 Å². The van der Waals surface area contributed by atoms with E-state index in [1.807, 2.05) is 18.2 Å². The van der Waals surface area contributed by atoms with E-state index in [1.165, 1.54) is 5.56 Å². The maximum absolute atomic E-state index is 10.7. The number of aliphatic imine (C=N–C) groups is 1. The van der Waals surface area contributed by atoms with E-state index in [9.17, 15) is 4.79 Å². The van der Waals surface area contributed by atoms with Crippen molar-refractivity contribution in [2.24, 2.45) is 4.99 Å². The minimum absolute atomic E-state index is 0.351. The third kappa shape index (κ3) is 2.01. The van der Waals surface area contributed by atoms with Gasteiger partial charge < -0.3 is 0 Å². The first-order chi connectivity index (χ1) is 9.83. The number of nitriles is 1. The van der Waals surface area contributed by atoms with Crippen LogP contribution in [-0.4, -0.2) is 11.1 Å². The summed E-state index contributed by atoms with van der Waals surface area (Å²) in [7, 11) is 0. The highest BCUT2D eigenvalue weighted by atomic mass is 16.1. The van der Waals surface area contributed by atoms with Crippen LogP contribution >= 0.6 is 0 Å². The summed E-state index contributed by atoms with van der Waals surface area (Å²) in [5.74, 6) is 0. The van der Waals surface area contributed by atoms with Crippen LogP contribution in [0.25, 0.3) is 11.1 Å². The van der Waals surface area contributed by atoms with E-state index in [2.05, 4.69) is 16.0 Å². The zero-order valence-corrected chi connectivity index (χ0v) is 10.8. The van der Waals surface area contributed by atoms with E-state index in [-0.39, 0.29) is 0 Å². The van der Waals surface area contributed by atoms with Crippen LogP contribution in [0, 0.1) is 11.3 Å². The van der Waals surface area contributed by atoms with Crippen LogP contribution in [0.1, 0.15) is 23.2 Å². The molecule has 0 aliphatic heterocycles. The molecule has 0 atom stereocenters. The first-order valence-electron chi connectivity index (χ1n) is 6.42. The first kappa shape index (κ1) is 12.3. The van der Waals surface area contributed by atoms with E-state index in [0.29, 0.717) is 11.4 Å². The van der Waals surface area contributed by atoms with Crippen molar-refractivity contribution in [2.45, 2.75) is 19.3 Å². The molecule has 1 heterocycles. The molecule has 0 saturated carbocycles. The largest absolute Gasteiger partial charge is 0.246 e. The summed E-state index contributed by atoms with van der Waals surface area (Å²) in [6, 6.07) is 9.58. The highest BCUT2D eigenvalue weighted by Crippen LogP contribution is 2.39. The minimum atomic E-state index is 0.351. The number of benzene rings is 1. The van der Waals surface area contributed by atoms with Gasteiger partial charge in [-0.2, -0.15) is 10.3 Å². The third-order valence-corrected chi connectivity index (χ3v) is 3.60. The second-order valence-corrected chi connectivity index (χ2v) is 4.70. The number of carbonyl (C=O) groups excluding carboxylic acids is 1. The average molecular weight is 261 g/mol. The van der Waals surface area contributed by atoms with E-state index in [0.717, 1.165) is 36.0 Å². The molecule has 96 valence electrons. The number of hydrogen-bond donors (Lipinski definition) is 0. The Kier molecular flexibility index (Phi) is 3.12. The summed E-state index contributed by atoms with van der Waals surface area (Å²) in [6.45, 7) is 0. The van der Waals surface area contributed by atoms with Crippen LogP contribution in [0.2, 0.25) is 0 Å². The van der Waals surface area contributed by atoms with Crippen LogP contribution < -0.4 is 0 Å². The van der Waals surface area contributed by atoms with Gasteiger partial charge in [-0.05, 0) is 48.1 Å². The lowest BCUT2D eigenvalue weighted by molar-refractivity contribution is 0.565. The molecule has 1 aliphatic carbocycles. The number of pyridine rings is 1. The second kappa shape index (κ2) is 5.08. The Labute approximate surface area is 116 Å². The van der Waals surface area contributed by atoms with Gasteiger partial charge in [0, 0.05) is 11.8 Å². The summed E-state index contributed by atoms with van der Waals surface area (Å²) >= 11 is 0. The standard InChI is InChI=1S/C16H11N3O/c17-9-13-8-12(6-7-18-13)15-5-4-11-2-1-3-14(11)16(15)19-10-20/h4-8H,1-3H2. The molecule has 4 heteroatoms. The van der Waals surface area contributed by atoms with Gasteiger partial charge in [0.25, 0.3) is 0 Å². The van der Waals surface area contributed by atoms with Crippen LogP contribution in [0.4, 0.5) is 5.69 Å². The van der Waals surface area contributed by atoms with E-state index < -0.39 is 0 Å². The number of aromatic nitrogens is 1. The summed E-state index contributed by atoms with van der Waals surface area (Å²) < 4.78 is 0. The molecule has 0 amide bonds. The van der Waals surface area contributed by atoms with Gasteiger partial charge in [-0.1, -0.05) is 12.1 Å². The maximum Gasteiger partial charge on any atom is 0.240 e. The second-order valence-electron chi connectivity index (χ2n) is 4.70. The predicted octanol–water partition coefficient (Wildman–Crippen LogP) is 3.08. The van der Waals surface area contributed by atoms with Crippen molar-refractivity contribution in [3.05, 3.63) is 47.3 Å². The molecule has 0 radical (unpaired) electrons. The number of isocyanates is 1. The molecule has 0 fully saturated rings. The number of aryl methyl sites for hydroxylation is 1. The summed E-state index contributed by atoms with van der Waals surface area (Å²) in [4.78, 5) is 18.6. The fourth-order valence-electron chi connectivity index (χ4n) is 2.71. The predicted molar refractivity (Wildman–Crippen MR) is 74.2 cm³/mol. The molecule has 3 rings (SSSR count). The van der Waals surface area contributed by atoms with Crippen LogP contribution in [0.5, 0.6) is 0 Å². The van der Waals surface area contributed by atoms with Crippen molar-refractivity contribution in [2.75, 3.05) is 0 Å². The van der Waals surface area contributed by atoms with Crippen LogP contribution in [0.3, 0.4) is 0 Å². The monoisotopic (exact) mass is 261 g/mol. The zero-order chi connectivity index (χ0) is 13.9. The Hall–Kier alpha value is -2.76. The molecule has 0 N–H and O–H groups in total. The summed E-state index contributed by atoms with van der Waals surface area (Å²) in [5.41, 5.74) is 5.11. The molecule has 1 aliphatic rings. The van der Waals surface area contributed by atoms with Gasteiger partial charge in [0.05, 0.1) is 5.69 Å². The normalized spacial score (nSPS) is 12.3. The van der Waals surface area contributed by atoms with Crippen molar-refractivity contribution in [3.8, 4) is 17.2 Å². The van der Waals surface area contributed by atoms with Crippen molar-refractivity contribution < 1.29 is 4.79 Å². The van der Waals surface area contributed by atoms with Crippen molar-refractivity contribution in [1.29, 1.82) is 5.26 Å². The highest BCUT2D eigenvalue weighted by Gasteiger charge is 2.18. The lowest BCUT2D eigenvalue weighted by Gasteiger charge is -2.10. The van der Waals surface area contributed by atoms with Gasteiger partial charge >= 0.3 is 0 Å². The molecule has 0 spiro atoms. The molecule has 0 saturated heterocycles. The summed E-state index contributed by atoms with van der Waals surface area (Å²) in [6.07, 6.45) is 6.28. The van der Waals surface area contributed by atoms with Crippen LogP contribution in [-0.2, 0) is 17.6 Å². The Morgan fingerprint density at radius 3 is 2.95 bits per heavy atom. The molecular formula is C16H11N3O.